The number of allylic oxidation sites excluding steroid dienone is 1. The van der Waals surface area contributed by atoms with E-state index in [0.717, 1.165) is 5.41 Å². The maximum Gasteiger partial charge on any atom is 0.255 e. The number of anilines is 2. The molecule has 0 heterocycles. The monoisotopic (exact) mass is 462 g/mol. The molecule has 0 aliphatic carbocycles. The third-order valence-corrected chi connectivity index (χ3v) is 5.20. The summed E-state index contributed by atoms with van der Waals surface area (Å²) in [6.07, 6.45) is 4.16. The average molecular weight is 463 g/mol. The van der Waals surface area contributed by atoms with Crippen molar-refractivity contribution in [2.75, 3.05) is 38.5 Å². The number of nitrogens with one attached hydrogen (secondary N) is 2. The topological polar surface area (TPSA) is 112 Å². The van der Waals surface area contributed by atoms with Crippen LogP contribution in [0.25, 0.3) is 6.08 Å². The molecule has 0 saturated carbocycles. The van der Waals surface area contributed by atoms with Crippen LogP contribution in [0.5, 0.6) is 23.0 Å². The van der Waals surface area contributed by atoms with Crippen LogP contribution in [0.2, 0.25) is 0 Å². The number of ketones is 1. The Morgan fingerprint density at radius 3 is 2.06 bits per heavy atom. The van der Waals surface area contributed by atoms with Gasteiger partial charge >= 0.3 is 0 Å². The molecule has 0 bridgehead atoms. The molecule has 10 heteroatoms. The molecule has 0 radical (unpaired) electrons. The fourth-order valence-electron chi connectivity index (χ4n) is 2.69. The Morgan fingerprint density at radius 2 is 1.53 bits per heavy atom. The van der Waals surface area contributed by atoms with Gasteiger partial charge in [0.2, 0.25) is 0 Å². The molecule has 0 aliphatic rings. The zero-order valence-electron chi connectivity index (χ0n) is 18.5. The van der Waals surface area contributed by atoms with E-state index < -0.39 is 10.0 Å². The summed E-state index contributed by atoms with van der Waals surface area (Å²) in [5, 5.41) is 3.90. The highest BCUT2D eigenvalue weighted by atomic mass is 32.2. The lowest BCUT2D eigenvalue weighted by molar-refractivity contribution is -0.112. The molecule has 0 amide bonds. The largest absolute Gasteiger partial charge is 0.496 e. The molecular weight excluding hydrogens is 436 g/mol. The van der Waals surface area contributed by atoms with Crippen molar-refractivity contribution < 1.29 is 32.2 Å². The summed E-state index contributed by atoms with van der Waals surface area (Å²) in [7, 11) is 2.03. The summed E-state index contributed by atoms with van der Waals surface area (Å²) in [6, 6.07) is 7.94. The third-order valence-electron chi connectivity index (χ3n) is 4.18. The highest BCUT2D eigenvalue weighted by molar-refractivity contribution is 7.95. The molecule has 0 atom stereocenters. The van der Waals surface area contributed by atoms with E-state index in [1.54, 1.807) is 30.3 Å². The van der Waals surface area contributed by atoms with Crippen molar-refractivity contribution in [2.24, 2.45) is 0 Å². The van der Waals surface area contributed by atoms with E-state index in [1.165, 1.54) is 53.7 Å². The summed E-state index contributed by atoms with van der Waals surface area (Å²) >= 11 is 0. The molecule has 0 saturated heterocycles. The predicted octanol–water partition coefficient (Wildman–Crippen LogP) is 3.65. The van der Waals surface area contributed by atoms with E-state index in [2.05, 4.69) is 10.0 Å². The Kier molecular flexibility index (Phi) is 8.54. The van der Waals surface area contributed by atoms with Gasteiger partial charge in [-0.05, 0) is 37.3 Å². The summed E-state index contributed by atoms with van der Waals surface area (Å²) in [4.78, 5) is 11.1. The summed E-state index contributed by atoms with van der Waals surface area (Å²) < 4.78 is 48.9. The number of rotatable bonds is 11. The molecule has 9 nitrogen and oxygen atoms in total. The Hall–Kier alpha value is -3.66. The Morgan fingerprint density at radius 1 is 0.906 bits per heavy atom. The molecule has 2 aromatic rings. The maximum atomic E-state index is 12.7. The van der Waals surface area contributed by atoms with Crippen LogP contribution in [0.1, 0.15) is 12.5 Å². The predicted molar refractivity (Wildman–Crippen MR) is 124 cm³/mol. The smallest absolute Gasteiger partial charge is 0.255 e. The van der Waals surface area contributed by atoms with Gasteiger partial charge in [0.15, 0.2) is 5.78 Å². The van der Waals surface area contributed by atoms with Crippen LogP contribution in [0, 0.1) is 0 Å². The van der Waals surface area contributed by atoms with Crippen molar-refractivity contribution in [3.63, 3.8) is 0 Å². The van der Waals surface area contributed by atoms with Crippen LogP contribution in [-0.2, 0) is 14.8 Å². The average Bonchev–Trinajstić information content (AvgIpc) is 2.76. The number of ether oxygens (including phenoxy) is 4. The van der Waals surface area contributed by atoms with Gasteiger partial charge in [0.1, 0.15) is 23.0 Å². The Balaban J connectivity index is 2.31. The second-order valence-electron chi connectivity index (χ2n) is 6.40. The number of benzene rings is 2. The van der Waals surface area contributed by atoms with Crippen molar-refractivity contribution in [2.45, 2.75) is 6.92 Å². The second kappa shape index (κ2) is 11.1. The SMILES string of the molecule is COc1cc(OC)c(/C=C/S(=O)(=O)Nc2ccc(OC)c(N/C=C\C(C)=O)c2)c(OC)c1. The minimum Gasteiger partial charge on any atom is -0.496 e. The van der Waals surface area contributed by atoms with Gasteiger partial charge in [-0.15, -0.1) is 0 Å². The van der Waals surface area contributed by atoms with Crippen molar-refractivity contribution >= 4 is 33.3 Å². The Labute approximate surface area is 187 Å². The summed E-state index contributed by atoms with van der Waals surface area (Å²) in [6.45, 7) is 1.42. The Bertz CT molecular complexity index is 1100. The first-order valence-corrected chi connectivity index (χ1v) is 10.9. The first-order chi connectivity index (χ1) is 15.2. The minimum absolute atomic E-state index is 0.136. The number of carbonyl (C=O) groups is 1. The first-order valence-electron chi connectivity index (χ1n) is 9.35. The molecule has 0 unspecified atom stereocenters. The standard InChI is InChI=1S/C22H26N2O7S/c1-15(25)8-10-23-19-12-16(6-7-20(19)29-3)24-32(26,27)11-9-18-21(30-4)13-17(28-2)14-22(18)31-5/h6-14,23-24H,1-5H3/b10-8-,11-9+. The van der Waals surface area contributed by atoms with E-state index in [-0.39, 0.29) is 5.78 Å². The van der Waals surface area contributed by atoms with Crippen LogP contribution in [-0.4, -0.2) is 42.6 Å². The third kappa shape index (κ3) is 6.67. The molecule has 0 aromatic heterocycles. The highest BCUT2D eigenvalue weighted by Crippen LogP contribution is 2.35. The van der Waals surface area contributed by atoms with Crippen LogP contribution < -0.4 is 29.0 Å². The number of carbonyl (C=O) groups excluding carboxylic acids is 1. The lowest BCUT2D eigenvalue weighted by Gasteiger charge is -2.13. The summed E-state index contributed by atoms with van der Waals surface area (Å²) in [5.74, 6) is 1.63. The summed E-state index contributed by atoms with van der Waals surface area (Å²) in [5.41, 5.74) is 1.21. The van der Waals surface area contributed by atoms with Gasteiger partial charge < -0.3 is 24.3 Å². The van der Waals surface area contributed by atoms with Gasteiger partial charge in [-0.2, -0.15) is 0 Å². The molecule has 2 rings (SSSR count). The van der Waals surface area contributed by atoms with Gasteiger partial charge in [0.25, 0.3) is 10.0 Å². The highest BCUT2D eigenvalue weighted by Gasteiger charge is 2.14. The van der Waals surface area contributed by atoms with E-state index in [0.29, 0.717) is 39.9 Å². The van der Waals surface area contributed by atoms with Crippen molar-refractivity contribution in [3.05, 3.63) is 53.6 Å². The molecule has 172 valence electrons. The number of hydrogen-bond donors (Lipinski definition) is 2. The van der Waals surface area contributed by atoms with Gasteiger partial charge in [-0.1, -0.05) is 0 Å². The van der Waals surface area contributed by atoms with Crippen LogP contribution >= 0.6 is 0 Å². The van der Waals surface area contributed by atoms with Crippen molar-refractivity contribution in [3.8, 4) is 23.0 Å². The number of methoxy groups -OCH3 is 4. The number of sulfonamides is 1. The molecule has 0 fully saturated rings. The van der Waals surface area contributed by atoms with Crippen LogP contribution in [0.15, 0.2) is 48.0 Å². The molecular formula is C22H26N2O7S. The first kappa shape index (κ1) is 24.6. The van der Waals surface area contributed by atoms with Gasteiger partial charge in [0, 0.05) is 18.3 Å². The fourth-order valence-corrected chi connectivity index (χ4v) is 3.52. The fraction of sp³-hybridized carbons (Fsp3) is 0.227. The van der Waals surface area contributed by atoms with E-state index >= 15 is 0 Å². The zero-order chi connectivity index (χ0) is 23.7. The zero-order valence-corrected chi connectivity index (χ0v) is 19.3. The van der Waals surface area contributed by atoms with E-state index in [1.807, 2.05) is 0 Å². The minimum atomic E-state index is -3.88. The maximum absolute atomic E-state index is 12.7. The normalized spacial score (nSPS) is 11.4. The van der Waals surface area contributed by atoms with Crippen molar-refractivity contribution in [1.29, 1.82) is 0 Å². The van der Waals surface area contributed by atoms with Gasteiger partial charge in [0.05, 0.1) is 50.8 Å². The lowest BCUT2D eigenvalue weighted by atomic mass is 10.1. The second-order valence-corrected chi connectivity index (χ2v) is 7.97. The molecule has 0 aliphatic heterocycles. The van der Waals surface area contributed by atoms with Crippen molar-refractivity contribution in [1.82, 2.24) is 0 Å². The van der Waals surface area contributed by atoms with Gasteiger partial charge in [-0.25, -0.2) is 8.42 Å². The molecule has 32 heavy (non-hydrogen) atoms. The van der Waals surface area contributed by atoms with Crippen LogP contribution in [0.3, 0.4) is 0 Å². The molecule has 2 N–H and O–H groups in total. The lowest BCUT2D eigenvalue weighted by Crippen LogP contribution is -2.09. The van der Waals surface area contributed by atoms with E-state index in [4.69, 9.17) is 18.9 Å². The number of hydrogen-bond acceptors (Lipinski definition) is 8. The molecule has 2 aromatic carbocycles. The quantitative estimate of drug-likeness (QED) is 0.487. The van der Waals surface area contributed by atoms with Crippen LogP contribution in [0.4, 0.5) is 11.4 Å². The molecule has 0 spiro atoms. The van der Waals surface area contributed by atoms with Gasteiger partial charge in [-0.3, -0.25) is 9.52 Å². The van der Waals surface area contributed by atoms with E-state index in [9.17, 15) is 13.2 Å².